The maximum atomic E-state index is 5.58. The zero-order valence-electron chi connectivity index (χ0n) is 12.0. The first-order chi connectivity index (χ1) is 9.90. The molecule has 4 heteroatoms. The molecule has 0 atom stereocenters. The highest BCUT2D eigenvalue weighted by molar-refractivity contribution is 5.78. The number of benzene rings is 1. The second-order valence-corrected chi connectivity index (χ2v) is 5.65. The summed E-state index contributed by atoms with van der Waals surface area (Å²) in [5.41, 5.74) is 7.93. The molecule has 0 amide bonds. The number of hydrogen-bond acceptors (Lipinski definition) is 3. The smallest absolute Gasteiger partial charge is 0.204 e. The van der Waals surface area contributed by atoms with Gasteiger partial charge in [-0.25, -0.2) is 4.98 Å². The molecule has 1 aliphatic carbocycles. The van der Waals surface area contributed by atoms with Gasteiger partial charge in [0.05, 0.1) is 11.0 Å². The van der Waals surface area contributed by atoms with Gasteiger partial charge >= 0.3 is 0 Å². The SMILES string of the molecule is NCCCNc1nc2ccccc2n1C1CCCCC1. The lowest BCUT2D eigenvalue weighted by Gasteiger charge is -2.25. The Morgan fingerprint density at radius 3 is 2.80 bits per heavy atom. The van der Waals surface area contributed by atoms with Crippen LogP contribution in [0.2, 0.25) is 0 Å². The molecule has 20 heavy (non-hydrogen) atoms. The number of anilines is 1. The number of para-hydroxylation sites is 2. The third kappa shape index (κ3) is 2.66. The molecule has 0 aliphatic heterocycles. The fourth-order valence-corrected chi connectivity index (χ4v) is 3.18. The van der Waals surface area contributed by atoms with E-state index in [1.807, 2.05) is 0 Å². The van der Waals surface area contributed by atoms with Crippen molar-refractivity contribution in [2.45, 2.75) is 44.6 Å². The maximum absolute atomic E-state index is 5.58. The van der Waals surface area contributed by atoms with E-state index >= 15 is 0 Å². The van der Waals surface area contributed by atoms with Gasteiger partial charge in [0.15, 0.2) is 0 Å². The number of nitrogens with two attached hydrogens (primary N) is 1. The maximum Gasteiger partial charge on any atom is 0.204 e. The van der Waals surface area contributed by atoms with Gasteiger partial charge in [-0.05, 0) is 37.9 Å². The van der Waals surface area contributed by atoms with Crippen molar-refractivity contribution in [3.8, 4) is 0 Å². The van der Waals surface area contributed by atoms with Crippen molar-refractivity contribution in [1.82, 2.24) is 9.55 Å². The van der Waals surface area contributed by atoms with E-state index in [0.717, 1.165) is 31.0 Å². The fourth-order valence-electron chi connectivity index (χ4n) is 3.18. The predicted molar refractivity (Wildman–Crippen MR) is 84.0 cm³/mol. The largest absolute Gasteiger partial charge is 0.356 e. The van der Waals surface area contributed by atoms with Crippen LogP contribution in [0.5, 0.6) is 0 Å². The molecule has 1 aliphatic rings. The van der Waals surface area contributed by atoms with Crippen LogP contribution in [-0.4, -0.2) is 22.6 Å². The molecule has 0 radical (unpaired) electrons. The Labute approximate surface area is 120 Å². The summed E-state index contributed by atoms with van der Waals surface area (Å²) < 4.78 is 2.42. The van der Waals surface area contributed by atoms with Gasteiger partial charge in [0.25, 0.3) is 0 Å². The van der Waals surface area contributed by atoms with E-state index in [0.29, 0.717) is 6.04 Å². The molecule has 1 aromatic carbocycles. The first-order valence-corrected chi connectivity index (χ1v) is 7.81. The molecule has 3 N–H and O–H groups in total. The van der Waals surface area contributed by atoms with Crippen LogP contribution in [0, 0.1) is 0 Å². The zero-order valence-corrected chi connectivity index (χ0v) is 12.0. The molecule has 1 heterocycles. The van der Waals surface area contributed by atoms with Crippen molar-refractivity contribution < 1.29 is 0 Å². The van der Waals surface area contributed by atoms with Crippen LogP contribution in [0.3, 0.4) is 0 Å². The Bertz CT molecular complexity index is 555. The number of aromatic nitrogens is 2. The molecule has 3 rings (SSSR count). The first-order valence-electron chi connectivity index (χ1n) is 7.81. The molecular formula is C16H24N4. The van der Waals surface area contributed by atoms with E-state index in [1.165, 1.54) is 37.6 Å². The van der Waals surface area contributed by atoms with Crippen molar-refractivity contribution >= 4 is 17.0 Å². The summed E-state index contributed by atoms with van der Waals surface area (Å²) in [6.45, 7) is 1.61. The van der Waals surface area contributed by atoms with Crippen LogP contribution in [0.25, 0.3) is 11.0 Å². The van der Waals surface area contributed by atoms with Gasteiger partial charge in [0.2, 0.25) is 5.95 Å². The van der Waals surface area contributed by atoms with Crippen molar-refractivity contribution in [1.29, 1.82) is 0 Å². The van der Waals surface area contributed by atoms with Crippen LogP contribution < -0.4 is 11.1 Å². The van der Waals surface area contributed by atoms with E-state index in [-0.39, 0.29) is 0 Å². The minimum absolute atomic E-state index is 0.594. The molecule has 0 spiro atoms. The summed E-state index contributed by atoms with van der Waals surface area (Å²) in [7, 11) is 0. The van der Waals surface area contributed by atoms with E-state index in [9.17, 15) is 0 Å². The minimum atomic E-state index is 0.594. The van der Waals surface area contributed by atoms with Gasteiger partial charge in [-0.15, -0.1) is 0 Å². The first kappa shape index (κ1) is 13.4. The van der Waals surface area contributed by atoms with E-state index in [4.69, 9.17) is 10.7 Å². The molecule has 4 nitrogen and oxygen atoms in total. The van der Waals surface area contributed by atoms with Crippen LogP contribution in [0.4, 0.5) is 5.95 Å². The Morgan fingerprint density at radius 1 is 1.20 bits per heavy atom. The standard InChI is InChI=1S/C16H24N4/c17-11-6-12-18-16-19-14-9-4-5-10-15(14)20(16)13-7-2-1-3-8-13/h4-5,9-10,13H,1-3,6-8,11-12,17H2,(H,18,19). The summed E-state index contributed by atoms with van der Waals surface area (Å²) in [5, 5.41) is 3.47. The monoisotopic (exact) mass is 272 g/mol. The second-order valence-electron chi connectivity index (χ2n) is 5.65. The van der Waals surface area contributed by atoms with Crippen LogP contribution in [0.1, 0.15) is 44.6 Å². The molecule has 2 aromatic rings. The third-order valence-corrected chi connectivity index (χ3v) is 4.20. The molecule has 1 saturated carbocycles. The molecular weight excluding hydrogens is 248 g/mol. The van der Waals surface area contributed by atoms with E-state index < -0.39 is 0 Å². The lowest BCUT2D eigenvalue weighted by atomic mass is 9.95. The highest BCUT2D eigenvalue weighted by Gasteiger charge is 2.20. The second kappa shape index (κ2) is 6.27. The summed E-state index contributed by atoms with van der Waals surface area (Å²) in [4.78, 5) is 4.77. The van der Waals surface area contributed by atoms with Crippen LogP contribution in [-0.2, 0) is 0 Å². The van der Waals surface area contributed by atoms with Gasteiger partial charge in [0, 0.05) is 12.6 Å². The third-order valence-electron chi connectivity index (χ3n) is 4.20. The highest BCUT2D eigenvalue weighted by Crippen LogP contribution is 2.34. The van der Waals surface area contributed by atoms with Crippen LogP contribution >= 0.6 is 0 Å². The predicted octanol–water partition coefficient (Wildman–Crippen LogP) is 3.30. The molecule has 108 valence electrons. The molecule has 0 bridgehead atoms. The van der Waals surface area contributed by atoms with Gasteiger partial charge in [-0.3, -0.25) is 0 Å². The van der Waals surface area contributed by atoms with Crippen LogP contribution in [0.15, 0.2) is 24.3 Å². The van der Waals surface area contributed by atoms with Gasteiger partial charge in [-0.1, -0.05) is 31.4 Å². The summed E-state index contributed by atoms with van der Waals surface area (Å²) in [5.74, 6) is 1.02. The molecule has 1 fully saturated rings. The fraction of sp³-hybridized carbons (Fsp3) is 0.562. The summed E-state index contributed by atoms with van der Waals surface area (Å²) in [6, 6.07) is 9.04. The number of rotatable bonds is 5. The van der Waals surface area contributed by atoms with Crippen molar-refractivity contribution in [2.24, 2.45) is 5.73 Å². The molecule has 1 aromatic heterocycles. The van der Waals surface area contributed by atoms with Crippen molar-refractivity contribution in [3.05, 3.63) is 24.3 Å². The quantitative estimate of drug-likeness (QED) is 0.821. The van der Waals surface area contributed by atoms with E-state index in [2.05, 4.69) is 34.1 Å². The number of hydrogen-bond donors (Lipinski definition) is 2. The zero-order chi connectivity index (χ0) is 13.8. The van der Waals surface area contributed by atoms with Gasteiger partial charge < -0.3 is 15.6 Å². The molecule has 0 saturated heterocycles. The highest BCUT2D eigenvalue weighted by atomic mass is 15.2. The average Bonchev–Trinajstić information content (AvgIpc) is 2.86. The molecule has 0 unspecified atom stereocenters. The Kier molecular flexibility index (Phi) is 4.21. The number of fused-ring (bicyclic) bond motifs is 1. The average molecular weight is 272 g/mol. The van der Waals surface area contributed by atoms with Crippen molar-refractivity contribution in [2.75, 3.05) is 18.4 Å². The van der Waals surface area contributed by atoms with Gasteiger partial charge in [-0.2, -0.15) is 0 Å². The topological polar surface area (TPSA) is 55.9 Å². The normalized spacial score (nSPS) is 16.6. The van der Waals surface area contributed by atoms with E-state index in [1.54, 1.807) is 0 Å². The Morgan fingerprint density at radius 2 is 2.00 bits per heavy atom. The Hall–Kier alpha value is -1.55. The summed E-state index contributed by atoms with van der Waals surface area (Å²) in [6.07, 6.45) is 7.56. The van der Waals surface area contributed by atoms with Gasteiger partial charge in [0.1, 0.15) is 0 Å². The number of nitrogens with one attached hydrogen (secondary N) is 1. The number of nitrogens with zero attached hydrogens (tertiary/aromatic N) is 2. The minimum Gasteiger partial charge on any atom is -0.356 e. The lowest BCUT2D eigenvalue weighted by Crippen LogP contribution is -2.17. The summed E-state index contributed by atoms with van der Waals surface area (Å²) >= 11 is 0. The lowest BCUT2D eigenvalue weighted by molar-refractivity contribution is 0.362. The van der Waals surface area contributed by atoms with Crippen molar-refractivity contribution in [3.63, 3.8) is 0 Å². The number of imidazole rings is 1. The Balaban J connectivity index is 1.94.